The van der Waals surface area contributed by atoms with Crippen LogP contribution in [-0.2, 0) is 9.59 Å². The molecule has 1 atom stereocenters. The lowest BCUT2D eigenvalue weighted by Crippen LogP contribution is -2.28. The molecule has 1 aromatic carbocycles. The first-order valence-corrected chi connectivity index (χ1v) is 4.84. The summed E-state index contributed by atoms with van der Waals surface area (Å²) in [4.78, 5) is 21.8. The minimum atomic E-state index is -1.42. The normalized spacial score (nSPS) is 17.4. The summed E-state index contributed by atoms with van der Waals surface area (Å²) < 4.78 is 0. The predicted octanol–water partition coefficient (Wildman–Crippen LogP) is 1.58. The Morgan fingerprint density at radius 2 is 1.75 bits per heavy atom. The van der Waals surface area contributed by atoms with Crippen LogP contribution >= 0.6 is 0 Å². The van der Waals surface area contributed by atoms with Gasteiger partial charge in [0.15, 0.2) is 5.92 Å². The van der Waals surface area contributed by atoms with E-state index in [0.717, 1.165) is 11.1 Å². The number of benzene rings is 1. The van der Waals surface area contributed by atoms with Crippen LogP contribution in [0.15, 0.2) is 30.3 Å². The highest BCUT2D eigenvalue weighted by molar-refractivity contribution is 5.95. The number of allylic oxidation sites excluding steroid dienone is 1. The van der Waals surface area contributed by atoms with Gasteiger partial charge in [0.05, 0.1) is 0 Å². The summed E-state index contributed by atoms with van der Waals surface area (Å²) in [6.07, 6.45) is 3.40. The lowest BCUT2D eigenvalue weighted by molar-refractivity contribution is -0.155. The summed E-state index contributed by atoms with van der Waals surface area (Å²) in [6, 6.07) is 7.22. The van der Waals surface area contributed by atoms with E-state index in [1.807, 2.05) is 12.1 Å². The zero-order chi connectivity index (χ0) is 11.7. The summed E-state index contributed by atoms with van der Waals surface area (Å²) in [5.74, 6) is -4.61. The van der Waals surface area contributed by atoms with Crippen LogP contribution < -0.4 is 0 Å². The van der Waals surface area contributed by atoms with Crippen molar-refractivity contribution in [1.82, 2.24) is 0 Å². The Labute approximate surface area is 91.8 Å². The summed E-state index contributed by atoms with van der Waals surface area (Å²) >= 11 is 0. The summed E-state index contributed by atoms with van der Waals surface area (Å²) in [7, 11) is 0. The van der Waals surface area contributed by atoms with E-state index in [2.05, 4.69) is 0 Å². The van der Waals surface area contributed by atoms with E-state index in [4.69, 9.17) is 10.2 Å². The molecule has 0 saturated heterocycles. The van der Waals surface area contributed by atoms with E-state index < -0.39 is 23.8 Å². The van der Waals surface area contributed by atoms with E-state index >= 15 is 0 Å². The van der Waals surface area contributed by atoms with Gasteiger partial charge in [0.2, 0.25) is 0 Å². The zero-order valence-corrected chi connectivity index (χ0v) is 8.33. The van der Waals surface area contributed by atoms with Crippen molar-refractivity contribution in [1.29, 1.82) is 0 Å². The molecular formula is C12H10O4. The molecule has 0 aromatic heterocycles. The van der Waals surface area contributed by atoms with Crippen molar-refractivity contribution in [2.45, 2.75) is 5.92 Å². The molecule has 2 N–H and O–H groups in total. The fourth-order valence-electron chi connectivity index (χ4n) is 1.98. The second kappa shape index (κ2) is 3.81. The number of aliphatic carboxylic acids is 2. The first-order valence-electron chi connectivity index (χ1n) is 4.84. The fourth-order valence-corrected chi connectivity index (χ4v) is 1.98. The number of fused-ring (bicyclic) bond motifs is 1. The molecule has 16 heavy (non-hydrogen) atoms. The maximum Gasteiger partial charge on any atom is 0.318 e. The molecule has 1 aromatic rings. The maximum atomic E-state index is 10.9. The molecule has 0 radical (unpaired) electrons. The predicted molar refractivity (Wildman–Crippen MR) is 57.0 cm³/mol. The Kier molecular flexibility index (Phi) is 2.48. The summed E-state index contributed by atoms with van der Waals surface area (Å²) in [5.41, 5.74) is 1.65. The van der Waals surface area contributed by atoms with Crippen molar-refractivity contribution in [3.8, 4) is 0 Å². The van der Waals surface area contributed by atoms with Crippen LogP contribution in [0.25, 0.3) is 6.08 Å². The molecule has 0 fully saturated rings. The van der Waals surface area contributed by atoms with E-state index in [1.165, 1.54) is 0 Å². The highest BCUT2D eigenvalue weighted by Gasteiger charge is 2.36. The van der Waals surface area contributed by atoms with Gasteiger partial charge in [0.25, 0.3) is 0 Å². The topological polar surface area (TPSA) is 74.6 Å². The lowest BCUT2D eigenvalue weighted by Gasteiger charge is -2.15. The molecule has 0 spiro atoms. The molecule has 1 aliphatic carbocycles. The maximum absolute atomic E-state index is 10.9. The highest BCUT2D eigenvalue weighted by Crippen LogP contribution is 2.35. The number of carbonyl (C=O) groups is 2. The second-order valence-electron chi connectivity index (χ2n) is 3.67. The average molecular weight is 218 g/mol. The minimum Gasteiger partial charge on any atom is -0.481 e. The van der Waals surface area contributed by atoms with Gasteiger partial charge in [-0.15, -0.1) is 0 Å². The number of rotatable bonds is 3. The van der Waals surface area contributed by atoms with Crippen molar-refractivity contribution in [3.63, 3.8) is 0 Å². The Morgan fingerprint density at radius 1 is 1.12 bits per heavy atom. The molecule has 0 heterocycles. The van der Waals surface area contributed by atoms with Crippen LogP contribution in [0.5, 0.6) is 0 Å². The smallest absolute Gasteiger partial charge is 0.318 e. The number of hydrogen-bond acceptors (Lipinski definition) is 2. The van der Waals surface area contributed by atoms with E-state index in [1.54, 1.807) is 24.3 Å². The van der Waals surface area contributed by atoms with Crippen molar-refractivity contribution in [3.05, 3.63) is 41.5 Å². The van der Waals surface area contributed by atoms with Crippen LogP contribution in [-0.4, -0.2) is 22.2 Å². The van der Waals surface area contributed by atoms with Crippen LogP contribution in [0.3, 0.4) is 0 Å². The Bertz CT molecular complexity index is 462. The van der Waals surface area contributed by atoms with Gasteiger partial charge in [-0.1, -0.05) is 36.4 Å². The van der Waals surface area contributed by atoms with Gasteiger partial charge in [0, 0.05) is 5.92 Å². The van der Waals surface area contributed by atoms with Crippen LogP contribution in [0, 0.1) is 5.92 Å². The molecule has 0 aliphatic heterocycles. The largest absolute Gasteiger partial charge is 0.481 e. The van der Waals surface area contributed by atoms with E-state index in [0.29, 0.717) is 0 Å². The summed E-state index contributed by atoms with van der Waals surface area (Å²) in [6.45, 7) is 0. The third-order valence-electron chi connectivity index (χ3n) is 2.73. The third-order valence-corrected chi connectivity index (χ3v) is 2.73. The van der Waals surface area contributed by atoms with Gasteiger partial charge >= 0.3 is 11.9 Å². The second-order valence-corrected chi connectivity index (χ2v) is 3.67. The number of carboxylic acid groups (broad SMARTS) is 2. The van der Waals surface area contributed by atoms with Crippen LogP contribution in [0.4, 0.5) is 0 Å². The molecule has 0 saturated carbocycles. The average Bonchev–Trinajstić information content (AvgIpc) is 2.61. The van der Waals surface area contributed by atoms with Gasteiger partial charge in [-0.2, -0.15) is 0 Å². The molecule has 82 valence electrons. The van der Waals surface area contributed by atoms with Gasteiger partial charge in [-0.25, -0.2) is 0 Å². The Balaban J connectivity index is 2.41. The molecule has 2 rings (SSSR count). The van der Waals surface area contributed by atoms with Crippen LogP contribution in [0.2, 0.25) is 0 Å². The lowest BCUT2D eigenvalue weighted by atomic mass is 9.88. The first kappa shape index (κ1) is 10.4. The number of hydrogen-bond donors (Lipinski definition) is 2. The van der Waals surface area contributed by atoms with Gasteiger partial charge < -0.3 is 10.2 Å². The molecule has 0 bridgehead atoms. The standard InChI is InChI=1S/C12H10O4/c13-11(14)10(12(15)16)9-6-5-7-3-1-2-4-8(7)9/h1-6,9-10H,(H,13,14)(H,15,16)/t9-/m0/s1. The van der Waals surface area contributed by atoms with Crippen molar-refractivity contribution < 1.29 is 19.8 Å². The van der Waals surface area contributed by atoms with Crippen LogP contribution in [0.1, 0.15) is 17.0 Å². The Hall–Kier alpha value is -2.10. The van der Waals surface area contributed by atoms with Gasteiger partial charge in [0.1, 0.15) is 0 Å². The molecule has 4 heteroatoms. The molecule has 0 unspecified atom stereocenters. The number of carboxylic acids is 2. The van der Waals surface area contributed by atoms with Gasteiger partial charge in [-0.3, -0.25) is 9.59 Å². The minimum absolute atomic E-state index is 0.578. The molecule has 1 aliphatic rings. The van der Waals surface area contributed by atoms with E-state index in [-0.39, 0.29) is 0 Å². The first-order chi connectivity index (χ1) is 7.61. The Morgan fingerprint density at radius 3 is 2.38 bits per heavy atom. The zero-order valence-electron chi connectivity index (χ0n) is 8.33. The molecular weight excluding hydrogens is 208 g/mol. The molecule has 0 amide bonds. The van der Waals surface area contributed by atoms with E-state index in [9.17, 15) is 9.59 Å². The van der Waals surface area contributed by atoms with Crippen molar-refractivity contribution in [2.75, 3.05) is 0 Å². The highest BCUT2D eigenvalue weighted by atomic mass is 16.4. The fraction of sp³-hybridized carbons (Fsp3) is 0.167. The van der Waals surface area contributed by atoms with Gasteiger partial charge in [-0.05, 0) is 11.1 Å². The quantitative estimate of drug-likeness (QED) is 0.755. The van der Waals surface area contributed by atoms with Crippen molar-refractivity contribution in [2.24, 2.45) is 5.92 Å². The SMILES string of the molecule is O=C(O)C(C(=O)O)[C@H]1C=Cc2ccccc21. The monoisotopic (exact) mass is 218 g/mol. The third kappa shape index (κ3) is 1.58. The molecule has 4 nitrogen and oxygen atoms in total. The van der Waals surface area contributed by atoms with Crippen molar-refractivity contribution >= 4 is 18.0 Å². The summed E-state index contributed by atoms with van der Waals surface area (Å²) in [5, 5.41) is 17.8.